The normalized spacial score (nSPS) is 10.1. The first-order chi connectivity index (χ1) is 8.29. The molecular formula is C12H10ClN3O. The van der Waals surface area contributed by atoms with Gasteiger partial charge in [0.15, 0.2) is 0 Å². The summed E-state index contributed by atoms with van der Waals surface area (Å²) in [4.78, 5) is 0. The number of nitriles is 1. The fourth-order valence-electron chi connectivity index (χ4n) is 1.41. The largest absolute Gasteiger partial charge is 0.364 e. The van der Waals surface area contributed by atoms with Gasteiger partial charge in [-0.25, -0.2) is 0 Å². The summed E-state index contributed by atoms with van der Waals surface area (Å²) < 4.78 is 4.72. The van der Waals surface area contributed by atoms with Crippen LogP contribution in [-0.2, 0) is 13.1 Å². The van der Waals surface area contributed by atoms with Crippen LogP contribution in [0.5, 0.6) is 0 Å². The molecule has 0 aliphatic rings. The Bertz CT molecular complexity index is 531. The molecule has 0 saturated heterocycles. The van der Waals surface area contributed by atoms with E-state index >= 15 is 0 Å². The lowest BCUT2D eigenvalue weighted by atomic mass is 10.1. The van der Waals surface area contributed by atoms with Gasteiger partial charge in [-0.1, -0.05) is 22.8 Å². The Morgan fingerprint density at radius 2 is 2.24 bits per heavy atom. The van der Waals surface area contributed by atoms with Crippen molar-refractivity contribution in [1.82, 2.24) is 10.5 Å². The molecule has 17 heavy (non-hydrogen) atoms. The van der Waals surface area contributed by atoms with Crippen molar-refractivity contribution in [3.8, 4) is 6.07 Å². The van der Waals surface area contributed by atoms with Crippen LogP contribution in [0, 0.1) is 11.3 Å². The Morgan fingerprint density at radius 3 is 2.88 bits per heavy atom. The van der Waals surface area contributed by atoms with Crippen molar-refractivity contribution < 1.29 is 4.52 Å². The van der Waals surface area contributed by atoms with Crippen LogP contribution in [-0.4, -0.2) is 5.16 Å². The minimum absolute atomic E-state index is 0.565. The second-order valence-corrected chi connectivity index (χ2v) is 3.92. The third-order valence-corrected chi connectivity index (χ3v) is 2.65. The van der Waals surface area contributed by atoms with Crippen LogP contribution in [0.2, 0.25) is 5.02 Å². The summed E-state index contributed by atoms with van der Waals surface area (Å²) in [6, 6.07) is 9.10. The van der Waals surface area contributed by atoms with Gasteiger partial charge in [0.05, 0.1) is 17.3 Å². The van der Waals surface area contributed by atoms with Crippen molar-refractivity contribution in [2.75, 3.05) is 0 Å². The zero-order chi connectivity index (χ0) is 12.1. The summed E-state index contributed by atoms with van der Waals surface area (Å²) in [7, 11) is 0. The molecule has 1 aromatic carbocycles. The van der Waals surface area contributed by atoms with Crippen molar-refractivity contribution in [3.05, 3.63) is 52.4 Å². The summed E-state index contributed by atoms with van der Waals surface area (Å²) in [6.45, 7) is 1.24. The number of benzene rings is 1. The molecule has 0 saturated carbocycles. The van der Waals surface area contributed by atoms with Gasteiger partial charge in [-0.2, -0.15) is 5.26 Å². The van der Waals surface area contributed by atoms with E-state index in [1.807, 2.05) is 12.1 Å². The fourth-order valence-corrected chi connectivity index (χ4v) is 1.66. The third kappa shape index (κ3) is 3.06. The average molecular weight is 248 g/mol. The minimum Gasteiger partial charge on any atom is -0.364 e. The van der Waals surface area contributed by atoms with E-state index in [0.29, 0.717) is 23.7 Å². The zero-order valence-electron chi connectivity index (χ0n) is 8.98. The summed E-state index contributed by atoms with van der Waals surface area (Å²) >= 11 is 6.04. The van der Waals surface area contributed by atoms with Crippen molar-refractivity contribution in [3.63, 3.8) is 0 Å². The van der Waals surface area contributed by atoms with Gasteiger partial charge in [0.1, 0.15) is 6.26 Å². The topological polar surface area (TPSA) is 61.9 Å². The maximum atomic E-state index is 8.71. The van der Waals surface area contributed by atoms with E-state index in [9.17, 15) is 0 Å². The molecule has 0 aliphatic carbocycles. The standard InChI is InChI=1S/C12H10ClN3O/c13-12-5-9(6-14)1-2-10(12)7-15-8-11-3-4-17-16-11/h1-5,15H,7-8H2. The smallest absolute Gasteiger partial charge is 0.124 e. The Kier molecular flexibility index (Phi) is 3.76. The molecule has 0 amide bonds. The maximum Gasteiger partial charge on any atom is 0.124 e. The molecule has 86 valence electrons. The highest BCUT2D eigenvalue weighted by Crippen LogP contribution is 2.17. The van der Waals surface area contributed by atoms with Gasteiger partial charge in [0.25, 0.3) is 0 Å². The van der Waals surface area contributed by atoms with E-state index < -0.39 is 0 Å². The van der Waals surface area contributed by atoms with Crippen LogP contribution in [0.3, 0.4) is 0 Å². The fraction of sp³-hybridized carbons (Fsp3) is 0.167. The maximum absolute atomic E-state index is 8.71. The lowest BCUT2D eigenvalue weighted by Crippen LogP contribution is -2.13. The molecule has 1 N–H and O–H groups in total. The Balaban J connectivity index is 1.93. The molecule has 2 aromatic rings. The van der Waals surface area contributed by atoms with Crippen LogP contribution in [0.15, 0.2) is 35.1 Å². The average Bonchev–Trinajstić information content (AvgIpc) is 2.84. The van der Waals surface area contributed by atoms with Crippen molar-refractivity contribution in [2.24, 2.45) is 0 Å². The molecule has 4 nitrogen and oxygen atoms in total. The first-order valence-corrected chi connectivity index (χ1v) is 5.46. The zero-order valence-corrected chi connectivity index (χ0v) is 9.74. The van der Waals surface area contributed by atoms with Crippen LogP contribution >= 0.6 is 11.6 Å². The minimum atomic E-state index is 0.565. The predicted molar refractivity (Wildman–Crippen MR) is 63.2 cm³/mol. The molecule has 0 bridgehead atoms. The third-order valence-electron chi connectivity index (χ3n) is 2.29. The Labute approximate surface area is 104 Å². The lowest BCUT2D eigenvalue weighted by Gasteiger charge is -2.05. The number of hydrogen-bond donors (Lipinski definition) is 1. The van der Waals surface area contributed by atoms with E-state index in [2.05, 4.69) is 10.5 Å². The second-order valence-electron chi connectivity index (χ2n) is 3.51. The number of nitrogens with one attached hydrogen (secondary N) is 1. The van der Waals surface area contributed by atoms with E-state index in [-0.39, 0.29) is 0 Å². The number of rotatable bonds is 4. The van der Waals surface area contributed by atoms with E-state index in [4.69, 9.17) is 21.4 Å². The summed E-state index contributed by atoms with van der Waals surface area (Å²) in [6.07, 6.45) is 1.53. The first-order valence-electron chi connectivity index (χ1n) is 5.08. The molecule has 2 rings (SSSR count). The van der Waals surface area contributed by atoms with Crippen LogP contribution < -0.4 is 5.32 Å². The van der Waals surface area contributed by atoms with Gasteiger partial charge in [-0.05, 0) is 17.7 Å². The first kappa shape index (κ1) is 11.6. The molecule has 1 heterocycles. The molecule has 0 spiro atoms. The quantitative estimate of drug-likeness (QED) is 0.902. The number of aromatic nitrogens is 1. The molecule has 1 aromatic heterocycles. The molecule has 0 radical (unpaired) electrons. The van der Waals surface area contributed by atoms with E-state index in [0.717, 1.165) is 11.3 Å². The molecule has 0 unspecified atom stereocenters. The highest BCUT2D eigenvalue weighted by atomic mass is 35.5. The number of halogens is 1. The Morgan fingerprint density at radius 1 is 1.35 bits per heavy atom. The number of hydrogen-bond acceptors (Lipinski definition) is 4. The van der Waals surface area contributed by atoms with Gasteiger partial charge in [-0.15, -0.1) is 0 Å². The molecule has 0 fully saturated rings. The van der Waals surface area contributed by atoms with Crippen molar-refractivity contribution in [1.29, 1.82) is 5.26 Å². The Hall–Kier alpha value is -1.83. The summed E-state index contributed by atoms with van der Waals surface area (Å²) in [5.41, 5.74) is 2.36. The second kappa shape index (κ2) is 5.48. The molecular weight excluding hydrogens is 238 g/mol. The molecule has 5 heteroatoms. The van der Waals surface area contributed by atoms with E-state index in [1.54, 1.807) is 18.2 Å². The van der Waals surface area contributed by atoms with Crippen molar-refractivity contribution in [2.45, 2.75) is 13.1 Å². The highest BCUT2D eigenvalue weighted by Gasteiger charge is 2.02. The highest BCUT2D eigenvalue weighted by molar-refractivity contribution is 6.31. The predicted octanol–water partition coefficient (Wildman–Crippen LogP) is 2.49. The monoisotopic (exact) mass is 247 g/mol. The lowest BCUT2D eigenvalue weighted by molar-refractivity contribution is 0.408. The van der Waals surface area contributed by atoms with Crippen LogP contribution in [0.4, 0.5) is 0 Å². The van der Waals surface area contributed by atoms with Crippen LogP contribution in [0.1, 0.15) is 16.8 Å². The van der Waals surface area contributed by atoms with Crippen molar-refractivity contribution >= 4 is 11.6 Å². The summed E-state index contributed by atoms with van der Waals surface area (Å²) in [5, 5.41) is 16.3. The number of nitrogens with zero attached hydrogens (tertiary/aromatic N) is 2. The molecule has 0 atom stereocenters. The van der Waals surface area contributed by atoms with E-state index in [1.165, 1.54) is 6.26 Å². The van der Waals surface area contributed by atoms with Gasteiger partial charge < -0.3 is 9.84 Å². The van der Waals surface area contributed by atoms with Gasteiger partial charge >= 0.3 is 0 Å². The summed E-state index contributed by atoms with van der Waals surface area (Å²) in [5.74, 6) is 0. The van der Waals surface area contributed by atoms with Gasteiger partial charge in [0.2, 0.25) is 0 Å². The SMILES string of the molecule is N#Cc1ccc(CNCc2ccon2)c(Cl)c1. The van der Waals surface area contributed by atoms with Crippen LogP contribution in [0.25, 0.3) is 0 Å². The van der Waals surface area contributed by atoms with Gasteiger partial charge in [0, 0.05) is 24.2 Å². The van der Waals surface area contributed by atoms with Gasteiger partial charge in [-0.3, -0.25) is 0 Å². The molecule has 0 aliphatic heterocycles.